The van der Waals surface area contributed by atoms with Gasteiger partial charge in [-0.15, -0.1) is 11.3 Å². The molecule has 0 fully saturated rings. The van der Waals surface area contributed by atoms with Gasteiger partial charge >= 0.3 is 0 Å². The van der Waals surface area contributed by atoms with Crippen molar-refractivity contribution in [1.82, 2.24) is 20.0 Å². The second kappa shape index (κ2) is 6.22. The first-order valence-electron chi connectivity index (χ1n) is 6.05. The Kier molecular flexibility index (Phi) is 4.77. The molecule has 2 aromatic rings. The van der Waals surface area contributed by atoms with Crippen LogP contribution in [0.15, 0.2) is 16.5 Å². The molecule has 0 saturated carbocycles. The first-order chi connectivity index (χ1) is 9.83. The highest BCUT2D eigenvalue weighted by molar-refractivity contribution is 7.91. The van der Waals surface area contributed by atoms with Gasteiger partial charge in [-0.2, -0.15) is 4.72 Å². The number of nitrogens with one attached hydrogen (secondary N) is 2. The van der Waals surface area contributed by atoms with Crippen molar-refractivity contribution in [3.05, 3.63) is 17.5 Å². The van der Waals surface area contributed by atoms with Crippen LogP contribution in [-0.4, -0.2) is 36.9 Å². The summed E-state index contributed by atoms with van der Waals surface area (Å²) in [6, 6.07) is 0.537. The van der Waals surface area contributed by atoms with Gasteiger partial charge in [0.1, 0.15) is 4.21 Å². The number of aromatic nitrogens is 2. The van der Waals surface area contributed by atoms with Crippen LogP contribution in [0.25, 0.3) is 10.2 Å². The normalized spacial score (nSPS) is 13.3. The Labute approximate surface area is 130 Å². The number of rotatable bonds is 5. The van der Waals surface area contributed by atoms with Crippen molar-refractivity contribution in [1.29, 1.82) is 0 Å². The summed E-state index contributed by atoms with van der Waals surface area (Å²) in [6.07, 6.45) is 1.46. The van der Waals surface area contributed by atoms with Crippen LogP contribution in [0, 0.1) is 0 Å². The number of carbonyl (C=O) groups excluding carboxylic acids is 1. The highest BCUT2D eigenvalue weighted by Gasteiger charge is 2.24. The summed E-state index contributed by atoms with van der Waals surface area (Å²) in [5, 5.41) is 2.60. The third-order valence-corrected chi connectivity index (χ3v) is 5.81. The monoisotopic (exact) mass is 348 g/mol. The summed E-state index contributed by atoms with van der Waals surface area (Å²) in [5.41, 5.74) is 0.450. The molecule has 114 valence electrons. The predicted molar refractivity (Wildman–Crippen MR) is 80.9 cm³/mol. The molecule has 0 aliphatic heterocycles. The van der Waals surface area contributed by atoms with Gasteiger partial charge in [0.25, 0.3) is 10.0 Å². The number of hydrogen-bond donors (Lipinski definition) is 2. The third kappa shape index (κ3) is 3.67. The number of halogens is 1. The molecule has 0 bridgehead atoms. The summed E-state index contributed by atoms with van der Waals surface area (Å²) >= 11 is 6.68. The minimum atomic E-state index is -3.80. The van der Waals surface area contributed by atoms with Crippen molar-refractivity contribution in [3.8, 4) is 0 Å². The Morgan fingerprint density at radius 1 is 1.52 bits per heavy atom. The topological polar surface area (TPSA) is 101 Å². The molecule has 2 heterocycles. The lowest BCUT2D eigenvalue weighted by Crippen LogP contribution is -2.44. The molecule has 0 aliphatic rings. The molecular weight excluding hydrogens is 336 g/mol. The molecule has 0 aliphatic carbocycles. The van der Waals surface area contributed by atoms with Crippen LogP contribution in [-0.2, 0) is 14.8 Å². The third-order valence-electron chi connectivity index (χ3n) is 2.56. The van der Waals surface area contributed by atoms with E-state index in [0.717, 1.165) is 11.3 Å². The van der Waals surface area contributed by atoms with Gasteiger partial charge in [-0.25, -0.2) is 18.4 Å². The number of sulfonamides is 1. The van der Waals surface area contributed by atoms with Crippen LogP contribution in [0.5, 0.6) is 0 Å². The van der Waals surface area contributed by atoms with Gasteiger partial charge in [0.15, 0.2) is 0 Å². The van der Waals surface area contributed by atoms with E-state index in [9.17, 15) is 13.2 Å². The van der Waals surface area contributed by atoms with Crippen LogP contribution in [0.1, 0.15) is 13.8 Å². The molecule has 10 heteroatoms. The van der Waals surface area contributed by atoms with Gasteiger partial charge in [0.05, 0.1) is 16.3 Å². The second-order valence-corrected chi connectivity index (χ2v) is 7.55. The molecule has 1 unspecified atom stereocenters. The van der Waals surface area contributed by atoms with E-state index >= 15 is 0 Å². The number of likely N-dealkylation sites (N-methyl/N-ethyl adjacent to an activating group) is 1. The lowest BCUT2D eigenvalue weighted by Gasteiger charge is -2.12. The minimum absolute atomic E-state index is 0.0490. The van der Waals surface area contributed by atoms with Gasteiger partial charge in [-0.05, 0) is 31.5 Å². The Hall–Kier alpha value is -1.29. The summed E-state index contributed by atoms with van der Waals surface area (Å²) < 4.78 is 27.5. The Bertz CT molecular complexity index is 775. The van der Waals surface area contributed by atoms with Crippen LogP contribution in [0.3, 0.4) is 0 Å². The number of carbonyl (C=O) groups is 1. The lowest BCUT2D eigenvalue weighted by molar-refractivity contribution is -0.122. The molecule has 2 aromatic heterocycles. The number of hydrogen-bond acceptors (Lipinski definition) is 6. The van der Waals surface area contributed by atoms with E-state index in [-0.39, 0.29) is 15.4 Å². The Balaban J connectivity index is 2.27. The average Bonchev–Trinajstić information content (AvgIpc) is 2.82. The summed E-state index contributed by atoms with van der Waals surface area (Å²) in [6.45, 7) is 3.67. The molecule has 1 atom stereocenters. The fourth-order valence-corrected chi connectivity index (χ4v) is 4.25. The van der Waals surface area contributed by atoms with E-state index in [1.807, 2.05) is 0 Å². The number of nitrogens with zero attached hydrogens (tertiary/aromatic N) is 2. The Morgan fingerprint density at radius 2 is 2.24 bits per heavy atom. The molecule has 1 amide bonds. The summed E-state index contributed by atoms with van der Waals surface area (Å²) in [5.74, 6) is -0.384. The maximum Gasteiger partial charge on any atom is 0.250 e. The van der Waals surface area contributed by atoms with Crippen LogP contribution in [0.4, 0.5) is 0 Å². The molecule has 0 aromatic carbocycles. The van der Waals surface area contributed by atoms with E-state index < -0.39 is 16.1 Å². The largest absolute Gasteiger partial charge is 0.355 e. The molecule has 0 saturated heterocycles. The van der Waals surface area contributed by atoms with E-state index in [2.05, 4.69) is 20.0 Å². The lowest BCUT2D eigenvalue weighted by atomic mass is 10.3. The van der Waals surface area contributed by atoms with Gasteiger partial charge in [-0.3, -0.25) is 4.79 Å². The maximum absolute atomic E-state index is 12.2. The molecule has 0 spiro atoms. The quantitative estimate of drug-likeness (QED) is 0.789. The van der Waals surface area contributed by atoms with E-state index in [1.54, 1.807) is 6.92 Å². The molecule has 21 heavy (non-hydrogen) atoms. The zero-order chi connectivity index (χ0) is 15.6. The fraction of sp³-hybridized carbons (Fsp3) is 0.364. The Morgan fingerprint density at radius 3 is 2.90 bits per heavy atom. The predicted octanol–water partition coefficient (Wildman–Crippen LogP) is 1.15. The van der Waals surface area contributed by atoms with Crippen molar-refractivity contribution >= 4 is 49.1 Å². The summed E-state index contributed by atoms with van der Waals surface area (Å²) in [7, 11) is -3.80. The van der Waals surface area contributed by atoms with Gasteiger partial charge in [0, 0.05) is 12.7 Å². The second-order valence-electron chi connectivity index (χ2n) is 4.19. The highest BCUT2D eigenvalue weighted by Crippen LogP contribution is 2.27. The van der Waals surface area contributed by atoms with E-state index in [0.29, 0.717) is 16.8 Å². The van der Waals surface area contributed by atoms with E-state index in [1.165, 1.54) is 19.2 Å². The first kappa shape index (κ1) is 16.1. The number of fused-ring (bicyclic) bond motifs is 1. The zero-order valence-corrected chi connectivity index (χ0v) is 13.6. The molecule has 7 nitrogen and oxygen atoms in total. The first-order valence-corrected chi connectivity index (χ1v) is 8.73. The smallest absolute Gasteiger partial charge is 0.250 e. The fourth-order valence-electron chi connectivity index (χ4n) is 1.60. The van der Waals surface area contributed by atoms with Crippen LogP contribution in [0.2, 0.25) is 5.28 Å². The number of thiophene rings is 1. The van der Waals surface area contributed by atoms with Crippen molar-refractivity contribution in [2.75, 3.05) is 6.54 Å². The standard InChI is InChI=1S/C11H13ClN4O3S2/c1-3-13-10(17)6(2)16-21(18,19)9-4-7-8(20-9)5-14-11(12)15-7/h4-6,16H,3H2,1-2H3,(H,13,17). The molecule has 2 rings (SSSR count). The molecular formula is C11H13ClN4O3S2. The average molecular weight is 349 g/mol. The van der Waals surface area contributed by atoms with Crippen molar-refractivity contribution < 1.29 is 13.2 Å². The van der Waals surface area contributed by atoms with Crippen molar-refractivity contribution in [2.24, 2.45) is 0 Å². The molecule has 2 N–H and O–H groups in total. The SMILES string of the molecule is CCNC(=O)C(C)NS(=O)(=O)c1cc2nc(Cl)ncc2s1. The number of amides is 1. The van der Waals surface area contributed by atoms with Crippen molar-refractivity contribution in [3.63, 3.8) is 0 Å². The van der Waals surface area contributed by atoms with Crippen LogP contribution < -0.4 is 10.0 Å². The minimum Gasteiger partial charge on any atom is -0.355 e. The van der Waals surface area contributed by atoms with Gasteiger partial charge < -0.3 is 5.32 Å². The summed E-state index contributed by atoms with van der Waals surface area (Å²) in [4.78, 5) is 19.3. The molecule has 0 radical (unpaired) electrons. The highest BCUT2D eigenvalue weighted by atomic mass is 35.5. The van der Waals surface area contributed by atoms with E-state index in [4.69, 9.17) is 11.6 Å². The zero-order valence-electron chi connectivity index (χ0n) is 11.3. The van der Waals surface area contributed by atoms with Gasteiger partial charge in [0.2, 0.25) is 11.2 Å². The van der Waals surface area contributed by atoms with Crippen LogP contribution >= 0.6 is 22.9 Å². The van der Waals surface area contributed by atoms with Crippen molar-refractivity contribution in [2.45, 2.75) is 24.1 Å². The van der Waals surface area contributed by atoms with Gasteiger partial charge in [-0.1, -0.05) is 0 Å². The maximum atomic E-state index is 12.2.